The molecule has 1 aliphatic carbocycles. The molecule has 1 aromatic rings. The molecule has 0 aromatic carbocycles. The minimum absolute atomic E-state index is 0.593. The smallest absolute Gasteiger partial charge is 0.148 e. The van der Waals surface area contributed by atoms with Crippen LogP contribution >= 0.6 is 0 Å². The Balaban J connectivity index is 2.41. The SMILES string of the molecule is C=N/N=C(C)\N=C(/C)c1cnc2c(c1)=CCCC=2. The van der Waals surface area contributed by atoms with Gasteiger partial charge in [0.25, 0.3) is 0 Å². The summed E-state index contributed by atoms with van der Waals surface area (Å²) in [5.74, 6) is 0.593. The lowest BCUT2D eigenvalue weighted by molar-refractivity contribution is 1.07. The van der Waals surface area contributed by atoms with E-state index >= 15 is 0 Å². The molecule has 0 aliphatic heterocycles. The van der Waals surface area contributed by atoms with Crippen molar-refractivity contribution in [1.29, 1.82) is 0 Å². The van der Waals surface area contributed by atoms with Gasteiger partial charge in [0.1, 0.15) is 5.84 Å². The van der Waals surface area contributed by atoms with E-state index in [9.17, 15) is 0 Å². The third kappa shape index (κ3) is 2.77. The maximum atomic E-state index is 4.45. The fourth-order valence-electron chi connectivity index (χ4n) is 1.92. The number of hydrogen-bond donors (Lipinski definition) is 0. The van der Waals surface area contributed by atoms with Crippen LogP contribution in [0.1, 0.15) is 32.3 Å². The third-order valence-electron chi connectivity index (χ3n) is 2.78. The number of aromatic nitrogens is 1. The summed E-state index contributed by atoms with van der Waals surface area (Å²) in [5.41, 5.74) is 1.90. The maximum Gasteiger partial charge on any atom is 0.148 e. The predicted molar refractivity (Wildman–Crippen MR) is 76.5 cm³/mol. The summed E-state index contributed by atoms with van der Waals surface area (Å²) >= 11 is 0. The summed E-state index contributed by atoms with van der Waals surface area (Å²) in [6, 6.07) is 2.12. The molecule has 1 heterocycles. The Bertz CT molecular complexity index is 638. The second-order valence-electron chi connectivity index (χ2n) is 4.17. The molecular formula is C14H16N4. The minimum atomic E-state index is 0.593. The van der Waals surface area contributed by atoms with Crippen molar-refractivity contribution < 1.29 is 0 Å². The Morgan fingerprint density at radius 2 is 2.06 bits per heavy atom. The molecule has 0 bridgehead atoms. The van der Waals surface area contributed by atoms with Crippen LogP contribution in [0.5, 0.6) is 0 Å². The monoisotopic (exact) mass is 240 g/mol. The van der Waals surface area contributed by atoms with Gasteiger partial charge in [-0.15, -0.1) is 5.10 Å². The molecule has 0 fully saturated rings. The van der Waals surface area contributed by atoms with Crippen molar-refractivity contribution in [2.45, 2.75) is 26.7 Å². The van der Waals surface area contributed by atoms with Crippen LogP contribution in [0.25, 0.3) is 12.2 Å². The largest absolute Gasteiger partial charge is 0.256 e. The van der Waals surface area contributed by atoms with Gasteiger partial charge in [-0.25, -0.2) is 4.99 Å². The lowest BCUT2D eigenvalue weighted by Gasteiger charge is -2.03. The summed E-state index contributed by atoms with van der Waals surface area (Å²) in [4.78, 5) is 8.80. The summed E-state index contributed by atoms with van der Waals surface area (Å²) in [5, 5.41) is 9.49. The average molecular weight is 240 g/mol. The Labute approximate surface area is 106 Å². The van der Waals surface area contributed by atoms with Crippen LogP contribution in [-0.2, 0) is 0 Å². The van der Waals surface area contributed by atoms with Gasteiger partial charge in [-0.1, -0.05) is 12.2 Å². The van der Waals surface area contributed by atoms with Crippen molar-refractivity contribution in [3.05, 3.63) is 28.4 Å². The van der Waals surface area contributed by atoms with E-state index in [1.807, 2.05) is 13.1 Å². The molecule has 4 nitrogen and oxygen atoms in total. The average Bonchev–Trinajstić information content (AvgIpc) is 2.38. The number of fused-ring (bicyclic) bond motifs is 1. The van der Waals surface area contributed by atoms with Gasteiger partial charge in [0.2, 0.25) is 0 Å². The zero-order valence-corrected chi connectivity index (χ0v) is 10.7. The molecule has 0 spiro atoms. The number of amidine groups is 1. The van der Waals surface area contributed by atoms with Gasteiger partial charge in [-0.3, -0.25) is 4.98 Å². The van der Waals surface area contributed by atoms with Crippen LogP contribution < -0.4 is 10.6 Å². The first-order valence-electron chi connectivity index (χ1n) is 5.93. The fraction of sp³-hybridized carbons (Fsp3) is 0.286. The van der Waals surface area contributed by atoms with Gasteiger partial charge in [0.05, 0.1) is 5.35 Å². The van der Waals surface area contributed by atoms with Gasteiger partial charge in [-0.2, -0.15) is 5.10 Å². The van der Waals surface area contributed by atoms with Crippen molar-refractivity contribution in [2.75, 3.05) is 0 Å². The molecule has 0 unspecified atom stereocenters. The van der Waals surface area contributed by atoms with Gasteiger partial charge < -0.3 is 0 Å². The van der Waals surface area contributed by atoms with E-state index in [0.717, 1.165) is 29.5 Å². The zero-order chi connectivity index (χ0) is 13.0. The molecule has 0 saturated heterocycles. The Morgan fingerprint density at radius 1 is 1.28 bits per heavy atom. The second kappa shape index (κ2) is 5.49. The van der Waals surface area contributed by atoms with Crippen LogP contribution in [0.4, 0.5) is 0 Å². The summed E-state index contributed by atoms with van der Waals surface area (Å²) < 4.78 is 0. The molecular weight excluding hydrogens is 224 g/mol. The Kier molecular flexibility index (Phi) is 3.77. The lowest BCUT2D eigenvalue weighted by atomic mass is 10.1. The molecule has 0 radical (unpaired) electrons. The first kappa shape index (κ1) is 12.4. The minimum Gasteiger partial charge on any atom is -0.256 e. The molecule has 0 amide bonds. The van der Waals surface area contributed by atoms with Crippen molar-refractivity contribution in [3.63, 3.8) is 0 Å². The highest BCUT2D eigenvalue weighted by Crippen LogP contribution is 1.99. The summed E-state index contributed by atoms with van der Waals surface area (Å²) in [7, 11) is 0. The van der Waals surface area contributed by atoms with E-state index in [0.29, 0.717) is 5.84 Å². The van der Waals surface area contributed by atoms with Crippen molar-refractivity contribution in [1.82, 2.24) is 4.98 Å². The number of aliphatic imine (C=N–C) groups is 1. The van der Waals surface area contributed by atoms with E-state index in [4.69, 9.17) is 0 Å². The molecule has 1 aromatic heterocycles. The number of pyridine rings is 1. The first-order chi connectivity index (χ1) is 8.70. The van der Waals surface area contributed by atoms with Crippen molar-refractivity contribution >= 4 is 30.4 Å². The van der Waals surface area contributed by atoms with Crippen LogP contribution in [0.15, 0.2) is 27.5 Å². The number of nitrogens with zero attached hydrogens (tertiary/aromatic N) is 4. The zero-order valence-electron chi connectivity index (χ0n) is 10.7. The molecule has 0 saturated carbocycles. The summed E-state index contributed by atoms with van der Waals surface area (Å²) in [6.07, 6.45) is 8.38. The van der Waals surface area contributed by atoms with Gasteiger partial charge in [-0.05, 0) is 38.0 Å². The second-order valence-corrected chi connectivity index (χ2v) is 4.17. The van der Waals surface area contributed by atoms with Gasteiger partial charge in [0, 0.05) is 24.2 Å². The first-order valence-corrected chi connectivity index (χ1v) is 5.93. The van der Waals surface area contributed by atoms with Gasteiger partial charge >= 0.3 is 0 Å². The highest BCUT2D eigenvalue weighted by atomic mass is 15.2. The van der Waals surface area contributed by atoms with E-state index in [2.05, 4.69) is 45.1 Å². The van der Waals surface area contributed by atoms with E-state index in [-0.39, 0.29) is 0 Å². The quantitative estimate of drug-likeness (QED) is 0.436. The van der Waals surface area contributed by atoms with E-state index < -0.39 is 0 Å². The standard InChI is InChI=1S/C14H16N4/c1-10(17-11(2)18-15-3)13-8-12-6-4-5-7-14(12)16-9-13/h6-9H,3-5H2,1-2H3/b17-10+,18-11-. The molecule has 1 aliphatic rings. The van der Waals surface area contributed by atoms with Gasteiger partial charge in [0.15, 0.2) is 0 Å². The van der Waals surface area contributed by atoms with Crippen molar-refractivity contribution in [3.8, 4) is 0 Å². The predicted octanol–water partition coefficient (Wildman–Crippen LogP) is 1.28. The molecule has 0 atom stereocenters. The van der Waals surface area contributed by atoms with Crippen LogP contribution in [0.2, 0.25) is 0 Å². The molecule has 4 heteroatoms. The highest BCUT2D eigenvalue weighted by Gasteiger charge is 2.01. The molecule has 18 heavy (non-hydrogen) atoms. The third-order valence-corrected chi connectivity index (χ3v) is 2.78. The molecule has 0 N–H and O–H groups in total. The van der Waals surface area contributed by atoms with E-state index in [1.54, 1.807) is 6.92 Å². The Morgan fingerprint density at radius 3 is 2.83 bits per heavy atom. The normalized spacial score (nSPS) is 15.4. The van der Waals surface area contributed by atoms with Crippen molar-refractivity contribution in [2.24, 2.45) is 15.2 Å². The Hall–Kier alpha value is -2.10. The molecule has 92 valence electrons. The van der Waals surface area contributed by atoms with E-state index in [1.165, 1.54) is 5.22 Å². The van der Waals surface area contributed by atoms with Crippen LogP contribution in [-0.4, -0.2) is 23.2 Å². The fourth-order valence-corrected chi connectivity index (χ4v) is 1.92. The number of hydrogen-bond acceptors (Lipinski definition) is 3. The van der Waals surface area contributed by atoms with Crippen LogP contribution in [0.3, 0.4) is 0 Å². The highest BCUT2D eigenvalue weighted by molar-refractivity contribution is 6.05. The number of rotatable bonds is 2. The lowest BCUT2D eigenvalue weighted by Crippen LogP contribution is -2.30. The summed E-state index contributed by atoms with van der Waals surface area (Å²) in [6.45, 7) is 7.05. The topological polar surface area (TPSA) is 50.0 Å². The maximum absolute atomic E-state index is 4.45. The molecule has 2 rings (SSSR count). The van der Waals surface area contributed by atoms with Crippen LogP contribution in [0, 0.1) is 0 Å².